The Morgan fingerprint density at radius 2 is 1.95 bits per heavy atom. The topological polar surface area (TPSA) is 57.8 Å². The van der Waals surface area contributed by atoms with Crippen LogP contribution in [0.3, 0.4) is 0 Å². The van der Waals surface area contributed by atoms with E-state index >= 15 is 0 Å². The van der Waals surface area contributed by atoms with E-state index < -0.39 is 0 Å². The Morgan fingerprint density at radius 3 is 2.71 bits per heavy atom. The van der Waals surface area contributed by atoms with Gasteiger partial charge in [-0.15, -0.1) is 0 Å². The lowest BCUT2D eigenvalue weighted by molar-refractivity contribution is -0.116. The summed E-state index contributed by atoms with van der Waals surface area (Å²) in [6, 6.07) is 15.9. The number of hydrogen-bond donors (Lipinski definition) is 2. The number of nitrogens with one attached hydrogen (secondary N) is 2. The summed E-state index contributed by atoms with van der Waals surface area (Å²) in [5.74, 6) is -0.126. The van der Waals surface area contributed by atoms with Crippen molar-refractivity contribution in [2.45, 2.75) is 0 Å². The van der Waals surface area contributed by atoms with E-state index in [1.54, 1.807) is 19.3 Å². The molecule has 0 aliphatic rings. The monoisotopic (exact) mass is 277 g/mol. The van der Waals surface area contributed by atoms with Gasteiger partial charge in [-0.2, -0.15) is 5.10 Å². The zero-order valence-electron chi connectivity index (χ0n) is 11.6. The third-order valence-electron chi connectivity index (χ3n) is 3.36. The third kappa shape index (κ3) is 2.69. The first-order valence-corrected chi connectivity index (χ1v) is 6.70. The maximum absolute atomic E-state index is 11.8. The Balaban J connectivity index is 2.14. The summed E-state index contributed by atoms with van der Waals surface area (Å²) in [5, 5.41) is 10.7. The van der Waals surface area contributed by atoms with Crippen molar-refractivity contribution >= 4 is 22.4 Å². The molecule has 0 atom stereocenters. The molecular formula is C17H15N3O. The molecular weight excluding hydrogens is 262 g/mol. The smallest absolute Gasteiger partial charge is 0.244 e. The third-order valence-corrected chi connectivity index (χ3v) is 3.36. The van der Waals surface area contributed by atoms with Crippen molar-refractivity contribution in [3.63, 3.8) is 0 Å². The van der Waals surface area contributed by atoms with E-state index in [0.29, 0.717) is 0 Å². The molecule has 2 N–H and O–H groups in total. The SMILES string of the molecule is CNC(=O)/C=C(\c1ccccc1)c1ccc2cn[nH]c2c1. The molecule has 0 bridgehead atoms. The fourth-order valence-corrected chi connectivity index (χ4v) is 2.26. The molecule has 0 saturated carbocycles. The number of aromatic amines is 1. The quantitative estimate of drug-likeness (QED) is 0.723. The van der Waals surface area contributed by atoms with E-state index in [1.165, 1.54) is 0 Å². The molecule has 4 nitrogen and oxygen atoms in total. The molecule has 0 radical (unpaired) electrons. The molecule has 0 saturated heterocycles. The van der Waals surface area contributed by atoms with Gasteiger partial charge in [0.2, 0.25) is 5.91 Å². The summed E-state index contributed by atoms with van der Waals surface area (Å²) >= 11 is 0. The first-order valence-electron chi connectivity index (χ1n) is 6.70. The number of benzene rings is 2. The van der Waals surface area contributed by atoms with E-state index in [-0.39, 0.29) is 5.91 Å². The number of amides is 1. The molecule has 0 unspecified atom stereocenters. The van der Waals surface area contributed by atoms with Gasteiger partial charge < -0.3 is 5.32 Å². The highest BCUT2D eigenvalue weighted by Gasteiger charge is 2.08. The number of aromatic nitrogens is 2. The maximum Gasteiger partial charge on any atom is 0.244 e. The number of likely N-dealkylation sites (N-methyl/N-ethyl adjacent to an activating group) is 1. The Hall–Kier alpha value is -2.88. The highest BCUT2D eigenvalue weighted by Crippen LogP contribution is 2.25. The van der Waals surface area contributed by atoms with E-state index in [2.05, 4.69) is 15.5 Å². The van der Waals surface area contributed by atoms with Crippen LogP contribution >= 0.6 is 0 Å². The predicted octanol–water partition coefficient (Wildman–Crippen LogP) is 2.74. The van der Waals surface area contributed by atoms with E-state index in [9.17, 15) is 4.79 Å². The Kier molecular flexibility index (Phi) is 3.51. The van der Waals surface area contributed by atoms with Gasteiger partial charge >= 0.3 is 0 Å². The number of carbonyl (C=O) groups is 1. The van der Waals surface area contributed by atoms with Crippen molar-refractivity contribution < 1.29 is 4.79 Å². The summed E-state index contributed by atoms with van der Waals surface area (Å²) < 4.78 is 0. The second-order valence-electron chi connectivity index (χ2n) is 4.71. The summed E-state index contributed by atoms with van der Waals surface area (Å²) in [7, 11) is 1.62. The molecule has 1 heterocycles. The van der Waals surface area contributed by atoms with Gasteiger partial charge in [0.25, 0.3) is 0 Å². The highest BCUT2D eigenvalue weighted by atomic mass is 16.1. The minimum atomic E-state index is -0.126. The second kappa shape index (κ2) is 5.63. The zero-order valence-corrected chi connectivity index (χ0v) is 11.6. The van der Waals surface area contributed by atoms with Crippen LogP contribution in [-0.4, -0.2) is 23.2 Å². The molecule has 0 fully saturated rings. The number of rotatable bonds is 3. The zero-order chi connectivity index (χ0) is 14.7. The van der Waals surface area contributed by atoms with Crippen LogP contribution in [0.4, 0.5) is 0 Å². The van der Waals surface area contributed by atoms with E-state index in [4.69, 9.17) is 0 Å². The average molecular weight is 277 g/mol. The Labute approximate surface area is 122 Å². The van der Waals surface area contributed by atoms with Crippen LogP contribution in [0, 0.1) is 0 Å². The van der Waals surface area contributed by atoms with Crippen molar-refractivity contribution in [1.29, 1.82) is 0 Å². The number of nitrogens with zero attached hydrogens (tertiary/aromatic N) is 1. The van der Waals surface area contributed by atoms with Crippen molar-refractivity contribution in [2.75, 3.05) is 7.05 Å². The standard InChI is InChI=1S/C17H15N3O/c1-18-17(21)10-15(12-5-3-2-4-6-12)13-7-8-14-11-19-20-16(14)9-13/h2-11H,1H3,(H,18,21)(H,19,20)/b15-10+. The molecule has 0 aliphatic heterocycles. The van der Waals surface area contributed by atoms with Crippen LogP contribution in [0.25, 0.3) is 16.5 Å². The van der Waals surface area contributed by atoms with Gasteiger partial charge in [0.1, 0.15) is 0 Å². The fourth-order valence-electron chi connectivity index (χ4n) is 2.26. The average Bonchev–Trinajstić information content (AvgIpc) is 3.00. The molecule has 4 heteroatoms. The van der Waals surface area contributed by atoms with Gasteiger partial charge in [0.15, 0.2) is 0 Å². The van der Waals surface area contributed by atoms with Gasteiger partial charge in [0.05, 0.1) is 11.7 Å². The minimum absolute atomic E-state index is 0.126. The van der Waals surface area contributed by atoms with Crippen molar-refractivity contribution in [3.05, 3.63) is 71.9 Å². The molecule has 104 valence electrons. The summed E-state index contributed by atoms with van der Waals surface area (Å²) in [6.07, 6.45) is 3.40. The first kappa shape index (κ1) is 13.1. The Bertz CT molecular complexity index is 803. The van der Waals surface area contributed by atoms with Crippen LogP contribution in [0.15, 0.2) is 60.8 Å². The molecule has 21 heavy (non-hydrogen) atoms. The van der Waals surface area contributed by atoms with Crippen LogP contribution in [0.2, 0.25) is 0 Å². The minimum Gasteiger partial charge on any atom is -0.356 e. The number of hydrogen-bond acceptors (Lipinski definition) is 2. The van der Waals surface area contributed by atoms with Crippen LogP contribution in [0.1, 0.15) is 11.1 Å². The molecule has 1 amide bonds. The van der Waals surface area contributed by atoms with Crippen molar-refractivity contribution in [1.82, 2.24) is 15.5 Å². The van der Waals surface area contributed by atoms with Crippen LogP contribution < -0.4 is 5.32 Å². The molecule has 3 aromatic rings. The molecule has 1 aromatic heterocycles. The number of fused-ring (bicyclic) bond motifs is 1. The Morgan fingerprint density at radius 1 is 1.14 bits per heavy atom. The lowest BCUT2D eigenvalue weighted by Gasteiger charge is -2.08. The predicted molar refractivity (Wildman–Crippen MR) is 83.7 cm³/mol. The molecule has 0 aliphatic carbocycles. The largest absolute Gasteiger partial charge is 0.356 e. The van der Waals surface area contributed by atoms with Crippen LogP contribution in [0.5, 0.6) is 0 Å². The van der Waals surface area contributed by atoms with Gasteiger partial charge in [-0.1, -0.05) is 42.5 Å². The second-order valence-corrected chi connectivity index (χ2v) is 4.71. The number of carbonyl (C=O) groups excluding carboxylic acids is 1. The first-order chi connectivity index (χ1) is 10.3. The van der Waals surface area contributed by atoms with Gasteiger partial charge in [-0.25, -0.2) is 0 Å². The fraction of sp³-hybridized carbons (Fsp3) is 0.0588. The summed E-state index contributed by atoms with van der Waals surface area (Å²) in [6.45, 7) is 0. The van der Waals surface area contributed by atoms with Gasteiger partial charge in [-0.3, -0.25) is 9.89 Å². The van der Waals surface area contributed by atoms with Crippen molar-refractivity contribution in [3.8, 4) is 0 Å². The summed E-state index contributed by atoms with van der Waals surface area (Å²) in [4.78, 5) is 11.8. The van der Waals surface area contributed by atoms with Crippen LogP contribution in [-0.2, 0) is 4.79 Å². The van der Waals surface area contributed by atoms with E-state index in [1.807, 2.05) is 48.5 Å². The van der Waals surface area contributed by atoms with Gasteiger partial charge in [-0.05, 0) is 22.8 Å². The van der Waals surface area contributed by atoms with E-state index in [0.717, 1.165) is 27.6 Å². The summed E-state index contributed by atoms with van der Waals surface area (Å²) in [5.41, 5.74) is 3.80. The maximum atomic E-state index is 11.8. The molecule has 3 rings (SSSR count). The lowest BCUT2D eigenvalue weighted by atomic mass is 9.96. The highest BCUT2D eigenvalue weighted by molar-refractivity contribution is 6.00. The molecule has 2 aromatic carbocycles. The van der Waals surface area contributed by atoms with Crippen molar-refractivity contribution in [2.24, 2.45) is 0 Å². The van der Waals surface area contributed by atoms with Gasteiger partial charge in [0, 0.05) is 18.5 Å². The lowest BCUT2D eigenvalue weighted by Crippen LogP contribution is -2.15. The molecule has 0 spiro atoms. The normalized spacial score (nSPS) is 11.6. The number of H-pyrrole nitrogens is 1.